The molecule has 0 aromatic heterocycles. The molecule has 0 aliphatic carbocycles. The van der Waals surface area contributed by atoms with Crippen LogP contribution in [0.2, 0.25) is 0 Å². The third-order valence-electron chi connectivity index (χ3n) is 1.99. The van der Waals surface area contributed by atoms with Gasteiger partial charge in [0.2, 0.25) is 10.0 Å². The molecular formula is C10H16N2O3S. The lowest BCUT2D eigenvalue weighted by Crippen LogP contribution is -2.19. The number of rotatable bonds is 6. The molecule has 0 aliphatic heterocycles. The average Bonchev–Trinajstić information content (AvgIpc) is 2.27. The maximum atomic E-state index is 11.6. The predicted octanol–water partition coefficient (Wildman–Crippen LogP) is 0.786. The second-order valence-corrected chi connectivity index (χ2v) is 5.11. The SMILES string of the molecule is COc1ccccc1NS(=O)(=O)CCCN. The molecule has 1 aromatic carbocycles. The van der Waals surface area contributed by atoms with Gasteiger partial charge in [0.25, 0.3) is 0 Å². The monoisotopic (exact) mass is 244 g/mol. The molecule has 0 saturated carbocycles. The summed E-state index contributed by atoms with van der Waals surface area (Å²) in [5.74, 6) is 0.514. The molecule has 0 amide bonds. The Kier molecular flexibility index (Phi) is 4.57. The van der Waals surface area contributed by atoms with Crippen molar-refractivity contribution in [2.75, 3.05) is 24.1 Å². The summed E-state index contributed by atoms with van der Waals surface area (Å²) in [5.41, 5.74) is 5.71. The highest BCUT2D eigenvalue weighted by molar-refractivity contribution is 7.92. The Morgan fingerprint density at radius 1 is 1.38 bits per heavy atom. The van der Waals surface area contributed by atoms with Gasteiger partial charge in [-0.25, -0.2) is 8.42 Å². The van der Waals surface area contributed by atoms with Crippen molar-refractivity contribution in [2.24, 2.45) is 5.73 Å². The van der Waals surface area contributed by atoms with Gasteiger partial charge >= 0.3 is 0 Å². The molecule has 0 atom stereocenters. The summed E-state index contributed by atoms with van der Waals surface area (Å²) in [6.45, 7) is 0.354. The second-order valence-electron chi connectivity index (χ2n) is 3.26. The maximum Gasteiger partial charge on any atom is 0.232 e. The van der Waals surface area contributed by atoms with Gasteiger partial charge in [-0.1, -0.05) is 12.1 Å². The van der Waals surface area contributed by atoms with Gasteiger partial charge in [0, 0.05) is 0 Å². The van der Waals surface area contributed by atoms with E-state index in [2.05, 4.69) is 4.72 Å². The molecule has 3 N–H and O–H groups in total. The minimum atomic E-state index is -3.34. The van der Waals surface area contributed by atoms with Gasteiger partial charge in [0.05, 0.1) is 18.6 Å². The molecule has 5 nitrogen and oxygen atoms in total. The minimum Gasteiger partial charge on any atom is -0.495 e. The summed E-state index contributed by atoms with van der Waals surface area (Å²) in [5, 5.41) is 0. The van der Waals surface area contributed by atoms with E-state index >= 15 is 0 Å². The number of anilines is 1. The lowest BCUT2D eigenvalue weighted by atomic mass is 10.3. The Labute approximate surface area is 95.7 Å². The van der Waals surface area contributed by atoms with E-state index in [4.69, 9.17) is 10.5 Å². The van der Waals surface area contributed by atoms with E-state index in [-0.39, 0.29) is 5.75 Å². The van der Waals surface area contributed by atoms with Crippen molar-refractivity contribution >= 4 is 15.7 Å². The van der Waals surface area contributed by atoms with E-state index in [9.17, 15) is 8.42 Å². The fourth-order valence-corrected chi connectivity index (χ4v) is 2.37. The van der Waals surface area contributed by atoms with Gasteiger partial charge in [-0.3, -0.25) is 4.72 Å². The molecule has 0 unspecified atom stereocenters. The zero-order chi connectivity index (χ0) is 12.0. The first-order valence-corrected chi connectivity index (χ1v) is 6.58. The lowest BCUT2D eigenvalue weighted by molar-refractivity contribution is 0.417. The van der Waals surface area contributed by atoms with Gasteiger partial charge in [0.1, 0.15) is 5.75 Å². The van der Waals surface area contributed by atoms with E-state index < -0.39 is 10.0 Å². The third-order valence-corrected chi connectivity index (χ3v) is 3.35. The normalized spacial score (nSPS) is 11.1. The number of methoxy groups -OCH3 is 1. The van der Waals surface area contributed by atoms with Crippen molar-refractivity contribution in [2.45, 2.75) is 6.42 Å². The van der Waals surface area contributed by atoms with E-state index in [0.717, 1.165) is 0 Å². The molecule has 16 heavy (non-hydrogen) atoms. The van der Waals surface area contributed by atoms with Crippen molar-refractivity contribution in [3.8, 4) is 5.75 Å². The second kappa shape index (κ2) is 5.72. The van der Waals surface area contributed by atoms with Crippen LogP contribution in [-0.4, -0.2) is 27.8 Å². The van der Waals surface area contributed by atoms with Crippen molar-refractivity contribution in [3.05, 3.63) is 24.3 Å². The molecular weight excluding hydrogens is 228 g/mol. The molecule has 90 valence electrons. The number of nitrogens with two attached hydrogens (primary N) is 1. The van der Waals surface area contributed by atoms with Crippen molar-refractivity contribution in [3.63, 3.8) is 0 Å². The fraction of sp³-hybridized carbons (Fsp3) is 0.400. The molecule has 0 aliphatic rings. The number of hydrogen-bond acceptors (Lipinski definition) is 4. The molecule has 0 heterocycles. The summed E-state index contributed by atoms with van der Waals surface area (Å²) >= 11 is 0. The highest BCUT2D eigenvalue weighted by Crippen LogP contribution is 2.24. The standard InChI is InChI=1S/C10H16N2O3S/c1-15-10-6-3-2-5-9(10)12-16(13,14)8-4-7-11/h2-3,5-6,12H,4,7-8,11H2,1H3. The molecule has 6 heteroatoms. The first kappa shape index (κ1) is 12.8. The van der Waals surface area contributed by atoms with Crippen molar-refractivity contribution in [1.82, 2.24) is 0 Å². The summed E-state index contributed by atoms with van der Waals surface area (Å²) in [4.78, 5) is 0. The summed E-state index contributed by atoms with van der Waals surface area (Å²) in [6.07, 6.45) is 0.435. The first-order valence-electron chi connectivity index (χ1n) is 4.92. The van der Waals surface area contributed by atoms with E-state index in [0.29, 0.717) is 24.4 Å². The zero-order valence-electron chi connectivity index (χ0n) is 9.14. The van der Waals surface area contributed by atoms with E-state index in [1.807, 2.05) is 0 Å². The summed E-state index contributed by atoms with van der Waals surface area (Å²) < 4.78 is 30.7. The van der Waals surface area contributed by atoms with Gasteiger partial charge in [-0.05, 0) is 25.1 Å². The Morgan fingerprint density at radius 3 is 2.69 bits per heavy atom. The molecule has 1 aromatic rings. The minimum absolute atomic E-state index is 0.0154. The Hall–Kier alpha value is -1.27. The number of nitrogens with one attached hydrogen (secondary N) is 1. The number of benzene rings is 1. The van der Waals surface area contributed by atoms with Crippen molar-refractivity contribution in [1.29, 1.82) is 0 Å². The predicted molar refractivity (Wildman–Crippen MR) is 64.1 cm³/mol. The van der Waals surface area contributed by atoms with Crippen LogP contribution in [0.4, 0.5) is 5.69 Å². The third kappa shape index (κ3) is 3.71. The van der Waals surface area contributed by atoms with Crippen LogP contribution in [0.15, 0.2) is 24.3 Å². The average molecular weight is 244 g/mol. The van der Waals surface area contributed by atoms with Crippen LogP contribution in [0.1, 0.15) is 6.42 Å². The number of para-hydroxylation sites is 2. The molecule has 0 fully saturated rings. The topological polar surface area (TPSA) is 81.4 Å². The smallest absolute Gasteiger partial charge is 0.232 e. The molecule has 1 rings (SSSR count). The lowest BCUT2D eigenvalue weighted by Gasteiger charge is -2.10. The summed E-state index contributed by atoms with van der Waals surface area (Å²) in [6, 6.07) is 6.86. The largest absolute Gasteiger partial charge is 0.495 e. The van der Waals surface area contributed by atoms with Crippen LogP contribution in [0.5, 0.6) is 5.75 Å². The van der Waals surface area contributed by atoms with Crippen LogP contribution < -0.4 is 15.2 Å². The fourth-order valence-electron chi connectivity index (χ4n) is 1.22. The molecule has 0 radical (unpaired) electrons. The van der Waals surface area contributed by atoms with Gasteiger partial charge < -0.3 is 10.5 Å². The number of ether oxygens (including phenoxy) is 1. The van der Waals surface area contributed by atoms with Gasteiger partial charge in [-0.15, -0.1) is 0 Å². The number of hydrogen-bond donors (Lipinski definition) is 2. The Morgan fingerprint density at radius 2 is 2.06 bits per heavy atom. The summed E-state index contributed by atoms with van der Waals surface area (Å²) in [7, 11) is -1.85. The first-order chi connectivity index (χ1) is 7.59. The quantitative estimate of drug-likeness (QED) is 0.775. The van der Waals surface area contributed by atoms with E-state index in [1.165, 1.54) is 7.11 Å². The molecule has 0 spiro atoms. The Bertz CT molecular complexity index is 431. The van der Waals surface area contributed by atoms with Crippen LogP contribution in [0.3, 0.4) is 0 Å². The van der Waals surface area contributed by atoms with Crippen LogP contribution >= 0.6 is 0 Å². The Balaban J connectivity index is 2.79. The van der Waals surface area contributed by atoms with Gasteiger partial charge in [-0.2, -0.15) is 0 Å². The van der Waals surface area contributed by atoms with Crippen LogP contribution in [0.25, 0.3) is 0 Å². The molecule has 0 saturated heterocycles. The van der Waals surface area contributed by atoms with Gasteiger partial charge in [0.15, 0.2) is 0 Å². The van der Waals surface area contributed by atoms with Crippen LogP contribution in [0, 0.1) is 0 Å². The maximum absolute atomic E-state index is 11.6. The highest BCUT2D eigenvalue weighted by atomic mass is 32.2. The van der Waals surface area contributed by atoms with Crippen LogP contribution in [-0.2, 0) is 10.0 Å². The zero-order valence-corrected chi connectivity index (χ0v) is 9.96. The van der Waals surface area contributed by atoms with E-state index in [1.54, 1.807) is 24.3 Å². The van der Waals surface area contributed by atoms with Crippen molar-refractivity contribution < 1.29 is 13.2 Å². The number of sulfonamides is 1. The highest BCUT2D eigenvalue weighted by Gasteiger charge is 2.12. The molecule has 0 bridgehead atoms.